The number of nitrogens with one attached hydrogen (secondary N) is 2. The molecule has 0 aliphatic carbocycles. The fourth-order valence-electron chi connectivity index (χ4n) is 3.28. The Hall–Kier alpha value is -1.40. The molecule has 31 heavy (non-hydrogen) atoms. The molecule has 10 heteroatoms. The number of aliphatic imine (C=N–C) groups is 1. The lowest BCUT2D eigenvalue weighted by molar-refractivity contribution is -0.0495. The van der Waals surface area contributed by atoms with Crippen LogP contribution in [0.2, 0.25) is 0 Å². The van der Waals surface area contributed by atoms with Gasteiger partial charge in [-0.25, -0.2) is 0 Å². The number of hydrogen-bond donors (Lipinski definition) is 2. The zero-order chi connectivity index (χ0) is 21.6. The number of para-hydroxylation sites is 2. The van der Waals surface area contributed by atoms with Crippen molar-refractivity contribution in [3.63, 3.8) is 0 Å². The molecule has 1 aliphatic rings. The third kappa shape index (κ3) is 10.6. The van der Waals surface area contributed by atoms with Crippen molar-refractivity contribution in [3.8, 4) is 5.75 Å². The first-order valence-electron chi connectivity index (χ1n) is 10.5. The van der Waals surface area contributed by atoms with Crippen LogP contribution in [0.4, 0.5) is 14.5 Å². The molecule has 1 atom stereocenters. The van der Waals surface area contributed by atoms with Gasteiger partial charge in [0.15, 0.2) is 5.96 Å². The number of anilines is 1. The predicted octanol–water partition coefficient (Wildman–Crippen LogP) is 3.48. The van der Waals surface area contributed by atoms with E-state index in [1.165, 1.54) is 0 Å². The van der Waals surface area contributed by atoms with Crippen LogP contribution >= 0.6 is 24.0 Å². The minimum absolute atomic E-state index is 0. The van der Waals surface area contributed by atoms with Crippen molar-refractivity contribution >= 4 is 35.6 Å². The number of methoxy groups -OCH3 is 1. The molecule has 1 unspecified atom stereocenters. The standard InChI is InChI=1S/C21H34F2N4O3.HI/c1-3-24-21(25-11-6-7-13-29-15-14-28-2)26-17-10-12-27(16-17)18-8-4-5-9-19(18)30-20(22)23;/h4-5,8-9,17,20H,3,6-7,10-16H2,1-2H3,(H2,24,25,26);1H. The van der Waals surface area contributed by atoms with Crippen LogP contribution in [0.15, 0.2) is 29.3 Å². The Morgan fingerprint density at radius 2 is 2.03 bits per heavy atom. The topological polar surface area (TPSA) is 67.4 Å². The van der Waals surface area contributed by atoms with Crippen molar-refractivity contribution < 1.29 is 23.0 Å². The van der Waals surface area contributed by atoms with Gasteiger partial charge in [-0.15, -0.1) is 24.0 Å². The molecule has 1 heterocycles. The van der Waals surface area contributed by atoms with Crippen molar-refractivity contribution in [2.24, 2.45) is 4.99 Å². The second-order valence-electron chi connectivity index (χ2n) is 7.00. The average molecular weight is 556 g/mol. The molecule has 2 rings (SSSR count). The number of unbranched alkanes of at least 4 members (excludes halogenated alkanes) is 1. The maximum Gasteiger partial charge on any atom is 0.387 e. The molecule has 1 aromatic rings. The Bertz CT molecular complexity index is 640. The van der Waals surface area contributed by atoms with Gasteiger partial charge < -0.3 is 29.7 Å². The number of rotatable bonds is 13. The molecule has 0 radical (unpaired) electrons. The third-order valence-electron chi connectivity index (χ3n) is 4.69. The number of benzene rings is 1. The van der Waals surface area contributed by atoms with Gasteiger partial charge in [0.05, 0.1) is 18.9 Å². The summed E-state index contributed by atoms with van der Waals surface area (Å²) in [5, 5.41) is 6.73. The van der Waals surface area contributed by atoms with Gasteiger partial charge in [0.25, 0.3) is 0 Å². The smallest absolute Gasteiger partial charge is 0.387 e. The van der Waals surface area contributed by atoms with Crippen LogP contribution < -0.4 is 20.3 Å². The average Bonchev–Trinajstić information content (AvgIpc) is 3.18. The second-order valence-corrected chi connectivity index (χ2v) is 7.00. The maximum atomic E-state index is 12.7. The van der Waals surface area contributed by atoms with Gasteiger partial charge in [-0.2, -0.15) is 8.78 Å². The summed E-state index contributed by atoms with van der Waals surface area (Å²) in [5.41, 5.74) is 0.692. The van der Waals surface area contributed by atoms with E-state index in [2.05, 4.69) is 25.3 Å². The second kappa shape index (κ2) is 16.3. The van der Waals surface area contributed by atoms with Gasteiger partial charge in [0, 0.05) is 45.9 Å². The number of guanidine groups is 1. The van der Waals surface area contributed by atoms with Crippen LogP contribution in [0, 0.1) is 0 Å². The molecule has 1 aliphatic heterocycles. The minimum Gasteiger partial charge on any atom is -0.433 e. The number of alkyl halides is 2. The lowest BCUT2D eigenvalue weighted by atomic mass is 10.2. The van der Waals surface area contributed by atoms with Crippen LogP contribution in [0.5, 0.6) is 5.75 Å². The molecule has 0 bridgehead atoms. The van der Waals surface area contributed by atoms with Gasteiger partial charge in [0.2, 0.25) is 0 Å². The van der Waals surface area contributed by atoms with Gasteiger partial charge >= 0.3 is 6.61 Å². The van der Waals surface area contributed by atoms with Crippen LogP contribution in [-0.2, 0) is 9.47 Å². The van der Waals surface area contributed by atoms with Crippen LogP contribution in [-0.4, -0.2) is 71.7 Å². The van der Waals surface area contributed by atoms with E-state index in [9.17, 15) is 8.78 Å². The molecule has 1 aromatic carbocycles. The minimum atomic E-state index is -2.83. The van der Waals surface area contributed by atoms with Crippen molar-refractivity contribution in [1.82, 2.24) is 10.6 Å². The Labute approximate surface area is 200 Å². The van der Waals surface area contributed by atoms with E-state index < -0.39 is 6.61 Å². The first-order valence-corrected chi connectivity index (χ1v) is 10.5. The van der Waals surface area contributed by atoms with Crippen molar-refractivity contribution in [2.45, 2.75) is 38.8 Å². The molecule has 1 fully saturated rings. The van der Waals surface area contributed by atoms with Crippen molar-refractivity contribution in [1.29, 1.82) is 0 Å². The number of hydrogen-bond acceptors (Lipinski definition) is 5. The lowest BCUT2D eigenvalue weighted by Crippen LogP contribution is -2.44. The third-order valence-corrected chi connectivity index (χ3v) is 4.69. The quantitative estimate of drug-likeness (QED) is 0.168. The molecule has 7 nitrogen and oxygen atoms in total. The Morgan fingerprint density at radius 3 is 2.77 bits per heavy atom. The van der Waals surface area contributed by atoms with Crippen molar-refractivity contribution in [3.05, 3.63) is 24.3 Å². The molecular formula is C21H35F2IN4O3. The van der Waals surface area contributed by atoms with Crippen LogP contribution in [0.3, 0.4) is 0 Å². The Kier molecular flexibility index (Phi) is 14.5. The maximum absolute atomic E-state index is 12.7. The highest BCUT2D eigenvalue weighted by molar-refractivity contribution is 14.0. The molecule has 2 N–H and O–H groups in total. The summed E-state index contributed by atoms with van der Waals surface area (Å²) in [6.07, 6.45) is 2.78. The fraction of sp³-hybridized carbons (Fsp3) is 0.667. The van der Waals surface area contributed by atoms with Gasteiger partial charge in [-0.1, -0.05) is 12.1 Å². The highest BCUT2D eigenvalue weighted by atomic mass is 127. The summed E-state index contributed by atoms with van der Waals surface area (Å²) < 4.78 is 40.4. The zero-order valence-corrected chi connectivity index (χ0v) is 20.6. The Balaban J connectivity index is 0.00000480. The van der Waals surface area contributed by atoms with Gasteiger partial charge in [0.1, 0.15) is 5.75 Å². The molecule has 0 spiro atoms. The van der Waals surface area contributed by atoms with Crippen molar-refractivity contribution in [2.75, 3.05) is 58.0 Å². The summed E-state index contributed by atoms with van der Waals surface area (Å²) in [7, 11) is 1.66. The highest BCUT2D eigenvalue weighted by Gasteiger charge is 2.26. The number of halogens is 3. The van der Waals surface area contributed by atoms with Gasteiger partial charge in [-0.05, 0) is 38.3 Å². The number of nitrogens with zero attached hydrogens (tertiary/aromatic N) is 2. The van der Waals surface area contributed by atoms with E-state index in [0.717, 1.165) is 38.3 Å². The molecule has 0 saturated carbocycles. The summed E-state index contributed by atoms with van der Waals surface area (Å²) in [4.78, 5) is 6.70. The van der Waals surface area contributed by atoms with E-state index in [-0.39, 0.29) is 35.8 Å². The van der Waals surface area contributed by atoms with E-state index in [1.807, 2.05) is 19.1 Å². The van der Waals surface area contributed by atoms with Crippen LogP contribution in [0.25, 0.3) is 0 Å². The number of ether oxygens (including phenoxy) is 3. The molecule has 1 saturated heterocycles. The monoisotopic (exact) mass is 556 g/mol. The first-order chi connectivity index (χ1) is 14.6. The summed E-state index contributed by atoms with van der Waals surface area (Å²) >= 11 is 0. The lowest BCUT2D eigenvalue weighted by Gasteiger charge is -2.22. The molecule has 0 aromatic heterocycles. The van der Waals surface area contributed by atoms with Gasteiger partial charge in [-0.3, -0.25) is 4.99 Å². The van der Waals surface area contributed by atoms with E-state index in [0.29, 0.717) is 38.6 Å². The normalized spacial score (nSPS) is 16.4. The largest absolute Gasteiger partial charge is 0.433 e. The summed E-state index contributed by atoms with van der Waals surface area (Å²) in [5.74, 6) is 0.989. The van der Waals surface area contributed by atoms with Crippen LogP contribution in [0.1, 0.15) is 26.2 Å². The zero-order valence-electron chi connectivity index (χ0n) is 18.3. The molecule has 178 valence electrons. The van der Waals surface area contributed by atoms with E-state index in [4.69, 9.17) is 9.47 Å². The summed E-state index contributed by atoms with van der Waals surface area (Å²) in [6, 6.07) is 7.10. The predicted molar refractivity (Wildman–Crippen MR) is 130 cm³/mol. The first kappa shape index (κ1) is 27.6. The molecular weight excluding hydrogens is 521 g/mol. The fourth-order valence-corrected chi connectivity index (χ4v) is 3.28. The van der Waals surface area contributed by atoms with E-state index >= 15 is 0 Å². The summed E-state index contributed by atoms with van der Waals surface area (Å²) in [6.45, 7) is 4.08. The highest BCUT2D eigenvalue weighted by Crippen LogP contribution is 2.31. The molecule has 0 amide bonds. The SMILES string of the molecule is CCNC(=NCCCCOCCOC)NC1CCN(c2ccccc2OC(F)F)C1.I. The Morgan fingerprint density at radius 1 is 1.23 bits per heavy atom. The van der Waals surface area contributed by atoms with E-state index in [1.54, 1.807) is 19.2 Å².